The summed E-state index contributed by atoms with van der Waals surface area (Å²) >= 11 is 0. The van der Waals surface area contributed by atoms with Crippen molar-refractivity contribution >= 4 is 17.8 Å². The van der Waals surface area contributed by atoms with Gasteiger partial charge in [-0.25, -0.2) is 0 Å². The molecule has 0 aromatic carbocycles. The van der Waals surface area contributed by atoms with Crippen LogP contribution in [0.25, 0.3) is 0 Å². The first-order valence-electron chi connectivity index (χ1n) is 5.48. The largest absolute Gasteiger partial charge is 0.481 e. The van der Waals surface area contributed by atoms with E-state index in [1.165, 1.54) is 6.92 Å². The van der Waals surface area contributed by atoms with Crippen LogP contribution >= 0.6 is 0 Å². The molecule has 7 nitrogen and oxygen atoms in total. The molecule has 0 heterocycles. The first kappa shape index (κ1) is 13.3. The van der Waals surface area contributed by atoms with E-state index in [2.05, 4.69) is 10.6 Å². The molecule has 0 unspecified atom stereocenters. The lowest BCUT2D eigenvalue weighted by Gasteiger charge is -2.20. The highest BCUT2D eigenvalue weighted by Gasteiger charge is 2.37. The molecule has 1 saturated carbocycles. The van der Waals surface area contributed by atoms with Gasteiger partial charge in [0.25, 0.3) is 0 Å². The van der Waals surface area contributed by atoms with Crippen LogP contribution in [0.1, 0.15) is 19.8 Å². The summed E-state index contributed by atoms with van der Waals surface area (Å²) in [5.74, 6) is -1.61. The Morgan fingerprint density at radius 1 is 1.47 bits per heavy atom. The highest BCUT2D eigenvalue weighted by atomic mass is 16.4. The van der Waals surface area contributed by atoms with Crippen LogP contribution in [0.3, 0.4) is 0 Å². The molecule has 1 rings (SSSR count). The Morgan fingerprint density at radius 3 is 2.59 bits per heavy atom. The molecule has 0 aromatic heterocycles. The van der Waals surface area contributed by atoms with E-state index < -0.39 is 11.9 Å². The van der Waals surface area contributed by atoms with Crippen LogP contribution in [0.2, 0.25) is 0 Å². The Hall–Kier alpha value is -1.79. The van der Waals surface area contributed by atoms with Crippen LogP contribution in [0.15, 0.2) is 0 Å². The number of hydrogen-bond donors (Lipinski definition) is 5. The van der Waals surface area contributed by atoms with Gasteiger partial charge in [0.2, 0.25) is 5.91 Å². The second kappa shape index (κ2) is 5.51. The number of carbonyl (C=O) groups excluding carboxylic acids is 1. The molecule has 0 saturated heterocycles. The van der Waals surface area contributed by atoms with Crippen molar-refractivity contribution < 1.29 is 14.7 Å². The lowest BCUT2D eigenvalue weighted by molar-refractivity contribution is -0.141. The van der Waals surface area contributed by atoms with Gasteiger partial charge >= 0.3 is 5.97 Å². The average molecular weight is 242 g/mol. The minimum Gasteiger partial charge on any atom is -0.481 e. The summed E-state index contributed by atoms with van der Waals surface area (Å²) in [6.07, 6.45) is 0.916. The standard InChI is InChI=1S/C10H18N4O3/c1-5(15)13-4-7-2-6(9(16)17)3-8(7)14-10(11)12/h6-8H,2-4H2,1H3,(H,13,15)(H,16,17)(H4,11,12,14)/t6-,7-,8+/m1/s1. The Kier molecular flexibility index (Phi) is 4.30. The van der Waals surface area contributed by atoms with Gasteiger partial charge in [0.05, 0.1) is 5.92 Å². The average Bonchev–Trinajstić information content (AvgIpc) is 2.57. The molecule has 6 N–H and O–H groups in total. The lowest BCUT2D eigenvalue weighted by Crippen LogP contribution is -2.44. The van der Waals surface area contributed by atoms with Gasteiger partial charge in [-0.05, 0) is 18.8 Å². The molecule has 1 aliphatic carbocycles. The fraction of sp³-hybridized carbons (Fsp3) is 0.700. The molecule has 0 aliphatic heterocycles. The quantitative estimate of drug-likeness (QED) is 0.322. The summed E-state index contributed by atoms with van der Waals surface area (Å²) in [4.78, 5) is 21.7. The van der Waals surface area contributed by atoms with Crippen molar-refractivity contribution in [3.63, 3.8) is 0 Å². The number of carbonyl (C=O) groups is 2. The van der Waals surface area contributed by atoms with Gasteiger partial charge in [-0.2, -0.15) is 0 Å². The maximum Gasteiger partial charge on any atom is 0.306 e. The Balaban J connectivity index is 2.59. The van der Waals surface area contributed by atoms with E-state index in [1.807, 2.05) is 0 Å². The normalized spacial score (nSPS) is 27.5. The molecular formula is C10H18N4O3. The number of nitrogens with one attached hydrogen (secondary N) is 3. The van der Waals surface area contributed by atoms with Crippen LogP contribution in [-0.4, -0.2) is 35.5 Å². The molecule has 17 heavy (non-hydrogen) atoms. The lowest BCUT2D eigenvalue weighted by atomic mass is 10.0. The summed E-state index contributed by atoms with van der Waals surface area (Å²) in [5, 5.41) is 21.5. The molecule has 96 valence electrons. The van der Waals surface area contributed by atoms with Gasteiger partial charge in [0.1, 0.15) is 0 Å². The molecule has 1 fully saturated rings. The zero-order valence-electron chi connectivity index (χ0n) is 9.69. The molecule has 0 radical (unpaired) electrons. The Bertz CT molecular complexity index is 332. The van der Waals surface area contributed by atoms with Crippen molar-refractivity contribution in [3.05, 3.63) is 0 Å². The minimum absolute atomic E-state index is 0.0103. The fourth-order valence-corrected chi connectivity index (χ4v) is 2.20. The third-order valence-corrected chi connectivity index (χ3v) is 3.00. The number of guanidine groups is 1. The second-order valence-electron chi connectivity index (χ2n) is 4.37. The Morgan fingerprint density at radius 2 is 2.12 bits per heavy atom. The van der Waals surface area contributed by atoms with Gasteiger partial charge in [-0.1, -0.05) is 0 Å². The zero-order valence-corrected chi connectivity index (χ0v) is 9.69. The van der Waals surface area contributed by atoms with E-state index in [9.17, 15) is 9.59 Å². The summed E-state index contributed by atoms with van der Waals surface area (Å²) in [5.41, 5.74) is 5.25. The summed E-state index contributed by atoms with van der Waals surface area (Å²) in [6, 6.07) is -0.166. The topological polar surface area (TPSA) is 128 Å². The molecule has 1 amide bonds. The van der Waals surface area contributed by atoms with Crippen LogP contribution in [-0.2, 0) is 9.59 Å². The van der Waals surface area contributed by atoms with Gasteiger partial charge in [-0.15, -0.1) is 0 Å². The number of nitrogens with two attached hydrogens (primary N) is 1. The first-order chi connectivity index (χ1) is 7.90. The summed E-state index contributed by atoms with van der Waals surface area (Å²) in [6.45, 7) is 1.82. The predicted octanol–water partition coefficient (Wildman–Crippen LogP) is -0.915. The third-order valence-electron chi connectivity index (χ3n) is 3.00. The van der Waals surface area contributed by atoms with Crippen LogP contribution in [0, 0.1) is 17.2 Å². The summed E-state index contributed by atoms with van der Waals surface area (Å²) in [7, 11) is 0. The van der Waals surface area contributed by atoms with E-state index in [0.717, 1.165) is 0 Å². The first-order valence-corrected chi connectivity index (χ1v) is 5.48. The molecule has 0 aromatic rings. The molecule has 1 aliphatic rings. The van der Waals surface area contributed by atoms with E-state index >= 15 is 0 Å². The number of hydrogen-bond acceptors (Lipinski definition) is 3. The van der Waals surface area contributed by atoms with Crippen molar-refractivity contribution in [2.45, 2.75) is 25.8 Å². The predicted molar refractivity (Wildman–Crippen MR) is 61.4 cm³/mol. The number of amides is 1. The number of aliphatic carboxylic acids is 1. The fourth-order valence-electron chi connectivity index (χ4n) is 2.20. The van der Waals surface area contributed by atoms with Crippen molar-refractivity contribution in [3.8, 4) is 0 Å². The van der Waals surface area contributed by atoms with Crippen molar-refractivity contribution in [1.82, 2.24) is 10.6 Å². The highest BCUT2D eigenvalue weighted by Crippen LogP contribution is 2.31. The van der Waals surface area contributed by atoms with Crippen molar-refractivity contribution in [1.29, 1.82) is 5.41 Å². The van der Waals surface area contributed by atoms with Gasteiger partial charge < -0.3 is 21.5 Å². The maximum atomic E-state index is 10.9. The SMILES string of the molecule is CC(=O)NC[C@H]1C[C@@H](C(=O)O)C[C@@H]1NC(=N)N. The number of carboxylic acids is 1. The molecule has 7 heteroatoms. The molecule has 0 spiro atoms. The number of rotatable bonds is 4. The van der Waals surface area contributed by atoms with E-state index in [0.29, 0.717) is 19.4 Å². The molecule has 3 atom stereocenters. The van der Waals surface area contributed by atoms with E-state index in [4.69, 9.17) is 16.2 Å². The molecular weight excluding hydrogens is 224 g/mol. The van der Waals surface area contributed by atoms with Crippen LogP contribution < -0.4 is 16.4 Å². The van der Waals surface area contributed by atoms with Gasteiger partial charge in [0, 0.05) is 19.5 Å². The van der Waals surface area contributed by atoms with Crippen molar-refractivity contribution in [2.24, 2.45) is 17.6 Å². The molecule has 0 bridgehead atoms. The monoisotopic (exact) mass is 242 g/mol. The number of carboxylic acid groups (broad SMARTS) is 1. The minimum atomic E-state index is -0.842. The maximum absolute atomic E-state index is 10.9. The zero-order chi connectivity index (χ0) is 13.0. The smallest absolute Gasteiger partial charge is 0.306 e. The van der Waals surface area contributed by atoms with Gasteiger partial charge in [-0.3, -0.25) is 15.0 Å². The summed E-state index contributed by atoms with van der Waals surface area (Å²) < 4.78 is 0. The van der Waals surface area contributed by atoms with Crippen LogP contribution in [0.4, 0.5) is 0 Å². The van der Waals surface area contributed by atoms with Crippen molar-refractivity contribution in [2.75, 3.05) is 6.54 Å². The third kappa shape index (κ3) is 3.93. The van der Waals surface area contributed by atoms with E-state index in [-0.39, 0.29) is 23.8 Å². The second-order valence-corrected chi connectivity index (χ2v) is 4.37. The van der Waals surface area contributed by atoms with Crippen LogP contribution in [0.5, 0.6) is 0 Å². The Labute approximate surface area is 99.3 Å². The van der Waals surface area contributed by atoms with Gasteiger partial charge in [0.15, 0.2) is 5.96 Å². The highest BCUT2D eigenvalue weighted by molar-refractivity contribution is 5.75. The van der Waals surface area contributed by atoms with E-state index in [1.54, 1.807) is 0 Å².